The molecule has 3 aromatic rings. The number of aromatic amines is 1. The van der Waals surface area contributed by atoms with Gasteiger partial charge in [-0.15, -0.1) is 0 Å². The van der Waals surface area contributed by atoms with E-state index in [0.29, 0.717) is 12.1 Å². The van der Waals surface area contributed by atoms with Crippen LogP contribution in [0.4, 0.5) is 4.79 Å². The first-order valence-corrected chi connectivity index (χ1v) is 11.6. The van der Waals surface area contributed by atoms with E-state index in [-0.39, 0.29) is 25.4 Å². The van der Waals surface area contributed by atoms with Gasteiger partial charge in [-0.25, -0.2) is 14.6 Å². The zero-order valence-corrected chi connectivity index (χ0v) is 19.4. The van der Waals surface area contributed by atoms with Gasteiger partial charge < -0.3 is 25.5 Å². The van der Waals surface area contributed by atoms with Crippen molar-refractivity contribution in [2.75, 3.05) is 6.61 Å². The zero-order chi connectivity index (χ0) is 24.8. The molecule has 1 aliphatic carbocycles. The molecule has 1 aromatic heterocycles. The number of hydrogen-bond donors (Lipinski definition) is 4. The van der Waals surface area contributed by atoms with Gasteiger partial charge >= 0.3 is 12.1 Å². The van der Waals surface area contributed by atoms with Gasteiger partial charge in [0.25, 0.3) is 0 Å². The van der Waals surface area contributed by atoms with E-state index in [0.717, 1.165) is 22.3 Å². The van der Waals surface area contributed by atoms with Gasteiger partial charge in [0, 0.05) is 24.2 Å². The number of fused-ring (bicyclic) bond motifs is 3. The number of aromatic nitrogens is 2. The minimum absolute atomic E-state index is 0.103. The molecule has 0 saturated carbocycles. The van der Waals surface area contributed by atoms with Gasteiger partial charge in [0.1, 0.15) is 18.7 Å². The number of imidazole rings is 1. The molecule has 0 fully saturated rings. The molecule has 182 valence electrons. The largest absolute Gasteiger partial charge is 0.480 e. The highest BCUT2D eigenvalue weighted by Gasteiger charge is 2.31. The van der Waals surface area contributed by atoms with Gasteiger partial charge in [-0.3, -0.25) is 4.79 Å². The number of aliphatic carboxylic acids is 1. The van der Waals surface area contributed by atoms with Crippen LogP contribution in [0, 0.1) is 0 Å². The number of rotatable bonds is 10. The van der Waals surface area contributed by atoms with E-state index in [9.17, 15) is 19.5 Å². The molecule has 0 radical (unpaired) electrons. The van der Waals surface area contributed by atoms with Crippen LogP contribution in [0.1, 0.15) is 42.5 Å². The molecule has 2 aromatic carbocycles. The molecule has 1 heterocycles. The molecule has 4 N–H and O–H groups in total. The van der Waals surface area contributed by atoms with Crippen LogP contribution >= 0.6 is 0 Å². The number of carbonyl (C=O) groups is 3. The average molecular weight is 477 g/mol. The number of carboxylic acid groups (broad SMARTS) is 1. The summed E-state index contributed by atoms with van der Waals surface area (Å²) in [5, 5.41) is 14.5. The van der Waals surface area contributed by atoms with Crippen LogP contribution in [0.5, 0.6) is 0 Å². The van der Waals surface area contributed by atoms with Gasteiger partial charge in [-0.05, 0) is 28.7 Å². The molecule has 2 amide bonds. The molecule has 2 atom stereocenters. The molecule has 0 saturated heterocycles. The van der Waals surface area contributed by atoms with Crippen molar-refractivity contribution in [1.29, 1.82) is 0 Å². The first-order chi connectivity index (χ1) is 17.0. The van der Waals surface area contributed by atoms with E-state index in [4.69, 9.17) is 4.74 Å². The van der Waals surface area contributed by atoms with Gasteiger partial charge in [0.15, 0.2) is 0 Å². The van der Waals surface area contributed by atoms with Crippen LogP contribution in [0.25, 0.3) is 11.1 Å². The zero-order valence-electron chi connectivity index (χ0n) is 19.4. The second-order valence-corrected chi connectivity index (χ2v) is 8.49. The number of nitrogens with zero attached hydrogens (tertiary/aromatic N) is 1. The Morgan fingerprint density at radius 3 is 2.26 bits per heavy atom. The second-order valence-electron chi connectivity index (χ2n) is 8.49. The van der Waals surface area contributed by atoms with Crippen molar-refractivity contribution in [1.82, 2.24) is 20.6 Å². The van der Waals surface area contributed by atoms with Crippen molar-refractivity contribution in [2.45, 2.75) is 44.2 Å². The van der Waals surface area contributed by atoms with E-state index in [2.05, 4.69) is 20.6 Å². The molecule has 2 unspecified atom stereocenters. The maximum Gasteiger partial charge on any atom is 0.407 e. The SMILES string of the molecule is CCCC(NC(=O)C(Cc1cnc[nH]1)NC(=O)OCC1c2ccccc2-c2ccccc21)C(=O)O. The third-order valence-corrected chi connectivity index (χ3v) is 6.12. The average Bonchev–Trinajstić information content (AvgIpc) is 3.48. The number of H-pyrrole nitrogens is 1. The van der Waals surface area contributed by atoms with Crippen molar-refractivity contribution >= 4 is 18.0 Å². The Hall–Kier alpha value is -4.14. The van der Waals surface area contributed by atoms with E-state index in [1.807, 2.05) is 55.5 Å². The molecule has 0 bridgehead atoms. The van der Waals surface area contributed by atoms with E-state index < -0.39 is 30.1 Å². The summed E-state index contributed by atoms with van der Waals surface area (Å²) in [7, 11) is 0. The first-order valence-electron chi connectivity index (χ1n) is 11.6. The Balaban J connectivity index is 1.44. The maximum absolute atomic E-state index is 12.9. The lowest BCUT2D eigenvalue weighted by molar-refractivity contribution is -0.142. The molecule has 35 heavy (non-hydrogen) atoms. The molecular formula is C26H28N4O5. The van der Waals surface area contributed by atoms with E-state index >= 15 is 0 Å². The Morgan fingerprint density at radius 2 is 1.69 bits per heavy atom. The maximum atomic E-state index is 12.9. The van der Waals surface area contributed by atoms with Crippen LogP contribution < -0.4 is 10.6 Å². The smallest absolute Gasteiger partial charge is 0.407 e. The minimum Gasteiger partial charge on any atom is -0.480 e. The number of carbonyl (C=O) groups excluding carboxylic acids is 2. The fourth-order valence-electron chi connectivity index (χ4n) is 4.43. The van der Waals surface area contributed by atoms with E-state index in [1.165, 1.54) is 6.33 Å². The quantitative estimate of drug-likeness (QED) is 0.355. The summed E-state index contributed by atoms with van der Waals surface area (Å²) in [5.41, 5.74) is 5.01. The monoisotopic (exact) mass is 476 g/mol. The lowest BCUT2D eigenvalue weighted by Gasteiger charge is -2.21. The van der Waals surface area contributed by atoms with Gasteiger partial charge in [0.2, 0.25) is 5.91 Å². The fraction of sp³-hybridized carbons (Fsp3) is 0.308. The van der Waals surface area contributed by atoms with Crippen LogP contribution in [0.15, 0.2) is 61.1 Å². The Labute approximate surface area is 202 Å². The van der Waals surface area contributed by atoms with Crippen molar-refractivity contribution in [2.24, 2.45) is 0 Å². The third kappa shape index (κ3) is 5.51. The number of benzene rings is 2. The van der Waals surface area contributed by atoms with Crippen molar-refractivity contribution in [3.05, 3.63) is 77.9 Å². The fourth-order valence-corrected chi connectivity index (χ4v) is 4.43. The van der Waals surface area contributed by atoms with Crippen molar-refractivity contribution in [3.63, 3.8) is 0 Å². The Bertz CT molecular complexity index is 1150. The molecule has 0 aliphatic heterocycles. The van der Waals surface area contributed by atoms with Gasteiger partial charge in [-0.1, -0.05) is 61.9 Å². The van der Waals surface area contributed by atoms with Crippen LogP contribution in [-0.2, 0) is 20.7 Å². The molecule has 4 rings (SSSR count). The summed E-state index contributed by atoms with van der Waals surface area (Å²) in [6, 6.07) is 13.9. The summed E-state index contributed by atoms with van der Waals surface area (Å²) in [4.78, 5) is 44.0. The lowest BCUT2D eigenvalue weighted by atomic mass is 9.98. The number of carboxylic acids is 1. The molecule has 9 heteroatoms. The van der Waals surface area contributed by atoms with Crippen molar-refractivity contribution < 1.29 is 24.2 Å². The highest BCUT2D eigenvalue weighted by Crippen LogP contribution is 2.44. The van der Waals surface area contributed by atoms with E-state index in [1.54, 1.807) is 6.20 Å². The summed E-state index contributed by atoms with van der Waals surface area (Å²) in [5.74, 6) is -1.84. The first kappa shape index (κ1) is 24.0. The topological polar surface area (TPSA) is 133 Å². The highest BCUT2D eigenvalue weighted by atomic mass is 16.5. The summed E-state index contributed by atoms with van der Waals surface area (Å²) < 4.78 is 5.57. The molecule has 9 nitrogen and oxygen atoms in total. The lowest BCUT2D eigenvalue weighted by Crippen LogP contribution is -2.52. The third-order valence-electron chi connectivity index (χ3n) is 6.12. The Morgan fingerprint density at radius 1 is 1.03 bits per heavy atom. The van der Waals surface area contributed by atoms with Crippen molar-refractivity contribution in [3.8, 4) is 11.1 Å². The van der Waals surface area contributed by atoms with Crippen LogP contribution in [0.3, 0.4) is 0 Å². The van der Waals surface area contributed by atoms with Gasteiger partial charge in [-0.2, -0.15) is 0 Å². The highest BCUT2D eigenvalue weighted by molar-refractivity contribution is 5.89. The normalized spacial score (nSPS) is 13.9. The summed E-state index contributed by atoms with van der Waals surface area (Å²) in [6.07, 6.45) is 3.23. The van der Waals surface area contributed by atoms with Crippen LogP contribution in [0.2, 0.25) is 0 Å². The van der Waals surface area contributed by atoms with Crippen LogP contribution in [-0.4, -0.2) is 51.7 Å². The number of alkyl carbamates (subject to hydrolysis) is 1. The summed E-state index contributed by atoms with van der Waals surface area (Å²) in [6.45, 7) is 1.94. The molecule has 0 spiro atoms. The predicted octanol–water partition coefficient (Wildman–Crippen LogP) is 3.23. The predicted molar refractivity (Wildman–Crippen MR) is 129 cm³/mol. The van der Waals surface area contributed by atoms with Gasteiger partial charge in [0.05, 0.1) is 6.33 Å². The number of nitrogens with one attached hydrogen (secondary N) is 3. The number of hydrogen-bond acceptors (Lipinski definition) is 5. The molecule has 1 aliphatic rings. The minimum atomic E-state index is -1.12. The second kappa shape index (κ2) is 10.9. The number of ether oxygens (including phenoxy) is 1. The standard InChI is InChI=1S/C26H28N4O5/c1-2-7-22(25(32)33)29-24(31)23(12-16-13-27-15-28-16)30-26(34)35-14-21-19-10-5-3-8-17(19)18-9-4-6-11-20(18)21/h3-6,8-11,13,15,21-23H,2,7,12,14H2,1H3,(H,27,28)(H,29,31)(H,30,34)(H,32,33). The number of amides is 2. The molecular weight excluding hydrogens is 448 g/mol. The Kier molecular flexibility index (Phi) is 7.45. The summed E-state index contributed by atoms with van der Waals surface area (Å²) >= 11 is 0.